The molecule has 3 nitrogen and oxygen atoms in total. The molecule has 1 aromatic carbocycles. The second-order valence-corrected chi connectivity index (χ2v) is 4.55. The summed E-state index contributed by atoms with van der Waals surface area (Å²) < 4.78 is 0. The van der Waals surface area contributed by atoms with E-state index in [9.17, 15) is 4.79 Å². The highest BCUT2D eigenvalue weighted by molar-refractivity contribution is 5.91. The maximum Gasteiger partial charge on any atom is 0.250 e. The first-order valence-corrected chi connectivity index (χ1v) is 6.63. The Morgan fingerprint density at radius 1 is 1.11 bits per heavy atom. The zero-order valence-corrected chi connectivity index (χ0v) is 11.1. The van der Waals surface area contributed by atoms with Gasteiger partial charge in [0.15, 0.2) is 0 Å². The molecule has 3 heteroatoms. The van der Waals surface area contributed by atoms with E-state index in [1.54, 1.807) is 6.07 Å². The smallest absolute Gasteiger partial charge is 0.250 e. The van der Waals surface area contributed by atoms with Crippen molar-refractivity contribution in [3.8, 4) is 0 Å². The first kappa shape index (κ1) is 12.7. The molecule has 18 heavy (non-hydrogen) atoms. The maximum absolute atomic E-state index is 11.7. The predicted molar refractivity (Wildman–Crippen MR) is 77.4 cm³/mol. The summed E-state index contributed by atoms with van der Waals surface area (Å²) in [7, 11) is 0. The summed E-state index contributed by atoms with van der Waals surface area (Å²) in [6.45, 7) is 6.30. The van der Waals surface area contributed by atoms with Gasteiger partial charge in [0.2, 0.25) is 5.56 Å². The van der Waals surface area contributed by atoms with E-state index in [0.717, 1.165) is 42.5 Å². The van der Waals surface area contributed by atoms with Crippen molar-refractivity contribution in [2.45, 2.75) is 26.7 Å². The number of fused-ring (bicyclic) bond motifs is 1. The summed E-state index contributed by atoms with van der Waals surface area (Å²) in [5, 5.41) is 1.12. The Morgan fingerprint density at radius 3 is 2.44 bits per heavy atom. The van der Waals surface area contributed by atoms with Gasteiger partial charge in [0.25, 0.3) is 0 Å². The van der Waals surface area contributed by atoms with Crippen LogP contribution in [0.25, 0.3) is 10.9 Å². The van der Waals surface area contributed by atoms with Gasteiger partial charge in [-0.25, -0.2) is 0 Å². The van der Waals surface area contributed by atoms with Crippen LogP contribution < -0.4 is 10.5 Å². The lowest BCUT2D eigenvalue weighted by atomic mass is 10.1. The molecule has 1 N–H and O–H groups in total. The third kappa shape index (κ3) is 2.55. The Balaban J connectivity index is 2.56. The minimum atomic E-state index is -0.0269. The second kappa shape index (κ2) is 5.71. The number of pyridine rings is 1. The molecule has 0 saturated heterocycles. The average molecular weight is 244 g/mol. The molecule has 0 unspecified atom stereocenters. The normalized spacial score (nSPS) is 10.8. The standard InChI is InChI=1S/C15H20N2O/c1-3-9-17(10-4-2)14-11-15(18)16-13-8-6-5-7-12(13)14/h5-8,11H,3-4,9-10H2,1-2H3,(H,16,18). The van der Waals surface area contributed by atoms with E-state index in [4.69, 9.17) is 0 Å². The van der Waals surface area contributed by atoms with Crippen LogP contribution in [0.3, 0.4) is 0 Å². The molecule has 0 bridgehead atoms. The molecular weight excluding hydrogens is 224 g/mol. The SMILES string of the molecule is CCCN(CCC)c1cc(=O)[nH]c2ccccc12. The van der Waals surface area contributed by atoms with Crippen LogP contribution >= 0.6 is 0 Å². The first-order valence-electron chi connectivity index (χ1n) is 6.63. The highest BCUT2D eigenvalue weighted by Crippen LogP contribution is 2.23. The van der Waals surface area contributed by atoms with Crippen molar-refractivity contribution < 1.29 is 0 Å². The Hall–Kier alpha value is -1.77. The topological polar surface area (TPSA) is 36.1 Å². The summed E-state index contributed by atoms with van der Waals surface area (Å²) in [5.41, 5.74) is 1.94. The summed E-state index contributed by atoms with van der Waals surface area (Å²) in [4.78, 5) is 16.9. The number of hydrogen-bond donors (Lipinski definition) is 1. The first-order chi connectivity index (χ1) is 8.76. The number of aromatic amines is 1. The fourth-order valence-electron chi connectivity index (χ4n) is 2.34. The molecule has 0 fully saturated rings. The van der Waals surface area contributed by atoms with Crippen LogP contribution in [0.2, 0.25) is 0 Å². The largest absolute Gasteiger partial charge is 0.371 e. The maximum atomic E-state index is 11.7. The highest BCUT2D eigenvalue weighted by atomic mass is 16.1. The van der Waals surface area contributed by atoms with Gasteiger partial charge in [-0.1, -0.05) is 32.0 Å². The molecule has 0 amide bonds. The molecule has 2 rings (SSSR count). The molecule has 0 aliphatic heterocycles. The summed E-state index contributed by atoms with van der Waals surface area (Å²) in [5.74, 6) is 0. The molecule has 0 radical (unpaired) electrons. The van der Waals surface area contributed by atoms with E-state index in [1.807, 2.05) is 18.2 Å². The van der Waals surface area contributed by atoms with Gasteiger partial charge in [0.1, 0.15) is 0 Å². The number of hydrogen-bond acceptors (Lipinski definition) is 2. The fraction of sp³-hybridized carbons (Fsp3) is 0.400. The summed E-state index contributed by atoms with van der Waals surface area (Å²) in [6, 6.07) is 9.70. The molecule has 0 saturated carbocycles. The third-order valence-corrected chi connectivity index (χ3v) is 3.06. The quantitative estimate of drug-likeness (QED) is 0.877. The minimum absolute atomic E-state index is 0.0269. The number of H-pyrrole nitrogens is 1. The zero-order chi connectivity index (χ0) is 13.0. The number of nitrogens with one attached hydrogen (secondary N) is 1. The lowest BCUT2D eigenvalue weighted by Gasteiger charge is -2.24. The van der Waals surface area contributed by atoms with Crippen molar-refractivity contribution in [3.63, 3.8) is 0 Å². The molecule has 0 aliphatic carbocycles. The van der Waals surface area contributed by atoms with Gasteiger partial charge in [-0.05, 0) is 18.9 Å². The predicted octanol–water partition coefficient (Wildman–Crippen LogP) is 3.15. The Bertz CT molecular complexity index is 568. The number of rotatable bonds is 5. The minimum Gasteiger partial charge on any atom is -0.371 e. The molecular formula is C15H20N2O. The molecule has 96 valence electrons. The van der Waals surface area contributed by atoms with Crippen molar-refractivity contribution in [2.24, 2.45) is 0 Å². The van der Waals surface area contributed by atoms with Gasteiger partial charge < -0.3 is 9.88 Å². The van der Waals surface area contributed by atoms with E-state index in [-0.39, 0.29) is 5.56 Å². The van der Waals surface area contributed by atoms with Gasteiger partial charge in [-0.15, -0.1) is 0 Å². The van der Waals surface area contributed by atoms with Gasteiger partial charge in [0, 0.05) is 24.5 Å². The summed E-state index contributed by atoms with van der Waals surface area (Å²) >= 11 is 0. The second-order valence-electron chi connectivity index (χ2n) is 4.55. The number of aromatic nitrogens is 1. The number of anilines is 1. The number of nitrogens with zero attached hydrogens (tertiary/aromatic N) is 1. The van der Waals surface area contributed by atoms with Crippen molar-refractivity contribution in [3.05, 3.63) is 40.7 Å². The van der Waals surface area contributed by atoms with Crippen LogP contribution in [0.4, 0.5) is 5.69 Å². The van der Waals surface area contributed by atoms with E-state index in [1.165, 1.54) is 0 Å². The van der Waals surface area contributed by atoms with Gasteiger partial charge in [-0.2, -0.15) is 0 Å². The highest BCUT2D eigenvalue weighted by Gasteiger charge is 2.09. The van der Waals surface area contributed by atoms with E-state index >= 15 is 0 Å². The third-order valence-electron chi connectivity index (χ3n) is 3.06. The monoisotopic (exact) mass is 244 g/mol. The van der Waals surface area contributed by atoms with Crippen molar-refractivity contribution in [1.29, 1.82) is 0 Å². The molecule has 0 spiro atoms. The number of benzene rings is 1. The average Bonchev–Trinajstić information content (AvgIpc) is 2.37. The molecule has 1 aromatic heterocycles. The Kier molecular flexibility index (Phi) is 4.03. The van der Waals surface area contributed by atoms with Crippen molar-refractivity contribution >= 4 is 16.6 Å². The zero-order valence-electron chi connectivity index (χ0n) is 11.1. The van der Waals surface area contributed by atoms with Crippen LogP contribution in [0.15, 0.2) is 35.1 Å². The van der Waals surface area contributed by atoms with Crippen LogP contribution in [0.1, 0.15) is 26.7 Å². The fourth-order valence-corrected chi connectivity index (χ4v) is 2.34. The summed E-state index contributed by atoms with van der Waals surface area (Å²) in [6.07, 6.45) is 2.17. The Labute approximate surface area is 107 Å². The van der Waals surface area contributed by atoms with Crippen LogP contribution in [0.5, 0.6) is 0 Å². The van der Waals surface area contributed by atoms with Crippen molar-refractivity contribution in [1.82, 2.24) is 4.98 Å². The Morgan fingerprint density at radius 2 is 1.78 bits per heavy atom. The van der Waals surface area contributed by atoms with E-state index in [0.29, 0.717) is 0 Å². The number of para-hydroxylation sites is 1. The van der Waals surface area contributed by atoms with Crippen LogP contribution in [-0.4, -0.2) is 18.1 Å². The van der Waals surface area contributed by atoms with Gasteiger partial charge in [-0.3, -0.25) is 4.79 Å². The van der Waals surface area contributed by atoms with E-state index < -0.39 is 0 Å². The van der Waals surface area contributed by atoms with Gasteiger partial charge in [0.05, 0.1) is 11.2 Å². The van der Waals surface area contributed by atoms with Crippen LogP contribution in [-0.2, 0) is 0 Å². The molecule has 0 aliphatic rings. The van der Waals surface area contributed by atoms with E-state index in [2.05, 4.69) is 29.8 Å². The lowest BCUT2D eigenvalue weighted by molar-refractivity contribution is 0.746. The molecule has 0 atom stereocenters. The lowest BCUT2D eigenvalue weighted by Crippen LogP contribution is -2.26. The molecule has 2 aromatic rings. The van der Waals surface area contributed by atoms with Crippen LogP contribution in [0, 0.1) is 0 Å². The van der Waals surface area contributed by atoms with Crippen molar-refractivity contribution in [2.75, 3.05) is 18.0 Å². The molecule has 1 heterocycles. The van der Waals surface area contributed by atoms with Gasteiger partial charge >= 0.3 is 0 Å².